The third-order valence-corrected chi connectivity index (χ3v) is 8.01. The van der Waals surface area contributed by atoms with E-state index in [1.807, 2.05) is 0 Å². The number of rotatable bonds is 3. The molecular weight excluding hydrogens is 310 g/mol. The van der Waals surface area contributed by atoms with Gasteiger partial charge in [-0.1, -0.05) is 0 Å². The third-order valence-electron chi connectivity index (χ3n) is 6.93. The Morgan fingerprint density at radius 2 is 1.48 bits per heavy atom. The molecule has 0 aromatic carbocycles. The number of hydrogen-bond donors (Lipinski definition) is 0. The van der Waals surface area contributed by atoms with Crippen molar-refractivity contribution in [2.75, 3.05) is 25.1 Å². The number of sulfone groups is 1. The standard InChI is InChI=1S/C18H29NO3S/c1-23(21,22)12-13-2-4-19(5-3-13)17(20)18-9-14-6-15(10-18)8-16(7-14)11-18/h13-16H,2-12H2,1H3. The fourth-order valence-electron chi connectivity index (χ4n) is 6.44. The normalized spacial score (nSPS) is 40.6. The van der Waals surface area contributed by atoms with Gasteiger partial charge in [0.15, 0.2) is 0 Å². The Morgan fingerprint density at radius 1 is 1.00 bits per heavy atom. The number of nitrogens with zero attached hydrogens (tertiary/aromatic N) is 1. The first kappa shape index (κ1) is 15.9. The molecule has 4 aliphatic carbocycles. The molecule has 1 amide bonds. The summed E-state index contributed by atoms with van der Waals surface area (Å²) in [6, 6.07) is 0. The minimum absolute atomic E-state index is 0.0432. The monoisotopic (exact) mass is 339 g/mol. The highest BCUT2D eigenvalue weighted by Gasteiger charge is 2.55. The highest BCUT2D eigenvalue weighted by molar-refractivity contribution is 7.90. The molecule has 23 heavy (non-hydrogen) atoms. The molecule has 5 fully saturated rings. The summed E-state index contributed by atoms with van der Waals surface area (Å²) in [7, 11) is -2.90. The summed E-state index contributed by atoms with van der Waals surface area (Å²) in [5, 5.41) is 0. The van der Waals surface area contributed by atoms with Gasteiger partial charge in [-0.2, -0.15) is 0 Å². The van der Waals surface area contributed by atoms with Gasteiger partial charge in [-0.05, 0) is 75.0 Å². The van der Waals surface area contributed by atoms with Gasteiger partial charge >= 0.3 is 0 Å². The van der Waals surface area contributed by atoms with Crippen molar-refractivity contribution in [2.24, 2.45) is 29.1 Å². The zero-order valence-corrected chi connectivity index (χ0v) is 15.0. The van der Waals surface area contributed by atoms with E-state index < -0.39 is 9.84 Å². The maximum absolute atomic E-state index is 13.3. The predicted octanol–water partition coefficient (Wildman–Crippen LogP) is 2.49. The van der Waals surface area contributed by atoms with Gasteiger partial charge in [-0.25, -0.2) is 8.42 Å². The van der Waals surface area contributed by atoms with E-state index in [1.165, 1.54) is 25.5 Å². The summed E-state index contributed by atoms with van der Waals surface area (Å²) in [6.45, 7) is 1.53. The minimum Gasteiger partial charge on any atom is -0.342 e. The molecule has 0 radical (unpaired) electrons. The molecule has 4 nitrogen and oxygen atoms in total. The largest absolute Gasteiger partial charge is 0.342 e. The van der Waals surface area contributed by atoms with Crippen LogP contribution in [-0.4, -0.2) is 44.3 Å². The summed E-state index contributed by atoms with van der Waals surface area (Å²) in [6.07, 6.45) is 10.5. The van der Waals surface area contributed by atoms with Gasteiger partial charge in [0.2, 0.25) is 5.91 Å². The van der Waals surface area contributed by atoms with Crippen molar-refractivity contribution < 1.29 is 13.2 Å². The van der Waals surface area contributed by atoms with E-state index in [0.29, 0.717) is 5.91 Å². The van der Waals surface area contributed by atoms with Crippen molar-refractivity contribution >= 4 is 15.7 Å². The number of amides is 1. The van der Waals surface area contributed by atoms with Gasteiger partial charge in [0, 0.05) is 19.3 Å². The fourth-order valence-corrected chi connectivity index (χ4v) is 7.63. The van der Waals surface area contributed by atoms with Gasteiger partial charge in [-0.3, -0.25) is 4.79 Å². The Bertz CT molecular complexity index is 554. The highest BCUT2D eigenvalue weighted by atomic mass is 32.2. The molecule has 0 spiro atoms. The number of carbonyl (C=O) groups excluding carboxylic acids is 1. The second-order valence-electron chi connectivity index (χ2n) is 9.03. The smallest absolute Gasteiger partial charge is 0.228 e. The summed E-state index contributed by atoms with van der Waals surface area (Å²) in [5.41, 5.74) is -0.0432. The van der Waals surface area contributed by atoms with Crippen LogP contribution in [0.1, 0.15) is 51.4 Å². The Labute approximate surface area is 139 Å². The maximum atomic E-state index is 13.3. The van der Waals surface area contributed by atoms with Crippen LogP contribution in [0.5, 0.6) is 0 Å². The first-order valence-electron chi connectivity index (χ1n) is 9.30. The Kier molecular flexibility index (Phi) is 3.78. The quantitative estimate of drug-likeness (QED) is 0.794. The Balaban J connectivity index is 1.41. The van der Waals surface area contributed by atoms with Crippen molar-refractivity contribution in [3.8, 4) is 0 Å². The molecule has 0 aromatic rings. The van der Waals surface area contributed by atoms with Crippen LogP contribution in [0.4, 0.5) is 0 Å². The van der Waals surface area contributed by atoms with E-state index in [-0.39, 0.29) is 17.1 Å². The molecule has 4 bridgehead atoms. The van der Waals surface area contributed by atoms with Crippen molar-refractivity contribution in [1.82, 2.24) is 4.90 Å². The average molecular weight is 340 g/mol. The minimum atomic E-state index is -2.90. The van der Waals surface area contributed by atoms with Crippen LogP contribution in [-0.2, 0) is 14.6 Å². The molecule has 5 rings (SSSR count). The fraction of sp³-hybridized carbons (Fsp3) is 0.944. The lowest BCUT2D eigenvalue weighted by Crippen LogP contribution is -2.55. The topological polar surface area (TPSA) is 54.5 Å². The zero-order chi connectivity index (χ0) is 16.2. The lowest BCUT2D eigenvalue weighted by atomic mass is 9.49. The first-order valence-corrected chi connectivity index (χ1v) is 11.4. The van der Waals surface area contributed by atoms with Crippen molar-refractivity contribution in [1.29, 1.82) is 0 Å². The third kappa shape index (κ3) is 3.06. The zero-order valence-electron chi connectivity index (χ0n) is 14.2. The molecule has 1 saturated heterocycles. The van der Waals surface area contributed by atoms with E-state index in [9.17, 15) is 13.2 Å². The summed E-state index contributed by atoms with van der Waals surface area (Å²) in [4.78, 5) is 15.3. The Hall–Kier alpha value is -0.580. The van der Waals surface area contributed by atoms with Gasteiger partial charge in [0.1, 0.15) is 9.84 Å². The molecule has 130 valence electrons. The molecule has 0 unspecified atom stereocenters. The number of carbonyl (C=O) groups is 1. The van der Waals surface area contributed by atoms with Crippen molar-refractivity contribution in [3.63, 3.8) is 0 Å². The average Bonchev–Trinajstić information content (AvgIpc) is 2.44. The van der Waals surface area contributed by atoms with Crippen LogP contribution in [0.3, 0.4) is 0 Å². The van der Waals surface area contributed by atoms with Gasteiger partial charge in [-0.15, -0.1) is 0 Å². The second kappa shape index (κ2) is 5.47. The van der Waals surface area contributed by atoms with Crippen LogP contribution in [0.15, 0.2) is 0 Å². The highest BCUT2D eigenvalue weighted by Crippen LogP contribution is 2.60. The van der Waals surface area contributed by atoms with Gasteiger partial charge < -0.3 is 4.90 Å². The molecule has 5 aliphatic rings. The molecule has 5 heteroatoms. The van der Waals surface area contributed by atoms with E-state index >= 15 is 0 Å². The van der Waals surface area contributed by atoms with Crippen LogP contribution in [0.2, 0.25) is 0 Å². The number of hydrogen-bond acceptors (Lipinski definition) is 3. The molecule has 4 saturated carbocycles. The van der Waals surface area contributed by atoms with Crippen LogP contribution in [0.25, 0.3) is 0 Å². The number of likely N-dealkylation sites (tertiary alicyclic amines) is 1. The van der Waals surface area contributed by atoms with Crippen LogP contribution in [0, 0.1) is 29.1 Å². The lowest BCUT2D eigenvalue weighted by Gasteiger charge is -2.57. The lowest BCUT2D eigenvalue weighted by molar-refractivity contribution is -0.159. The second-order valence-corrected chi connectivity index (χ2v) is 11.2. The summed E-state index contributed by atoms with van der Waals surface area (Å²) < 4.78 is 22.9. The first-order chi connectivity index (χ1) is 10.8. The Morgan fingerprint density at radius 3 is 1.91 bits per heavy atom. The summed E-state index contributed by atoms with van der Waals surface area (Å²) >= 11 is 0. The maximum Gasteiger partial charge on any atom is 0.228 e. The van der Waals surface area contributed by atoms with Crippen molar-refractivity contribution in [2.45, 2.75) is 51.4 Å². The van der Waals surface area contributed by atoms with E-state index in [0.717, 1.165) is 62.9 Å². The molecule has 1 aliphatic heterocycles. The van der Waals surface area contributed by atoms with E-state index in [4.69, 9.17) is 0 Å². The molecule has 0 atom stereocenters. The van der Waals surface area contributed by atoms with Gasteiger partial charge in [0.05, 0.1) is 11.2 Å². The number of piperidine rings is 1. The molecule has 0 N–H and O–H groups in total. The predicted molar refractivity (Wildman–Crippen MR) is 89.6 cm³/mol. The van der Waals surface area contributed by atoms with Crippen LogP contribution >= 0.6 is 0 Å². The molecule has 0 aromatic heterocycles. The van der Waals surface area contributed by atoms with Crippen LogP contribution < -0.4 is 0 Å². The van der Waals surface area contributed by atoms with E-state index in [2.05, 4.69) is 4.90 Å². The molecular formula is C18H29NO3S. The summed E-state index contributed by atoms with van der Waals surface area (Å²) in [5.74, 6) is 3.33. The molecule has 1 heterocycles. The SMILES string of the molecule is CS(=O)(=O)CC1CCN(C(=O)C23CC4CC(CC(C4)C2)C3)CC1. The van der Waals surface area contributed by atoms with Gasteiger partial charge in [0.25, 0.3) is 0 Å². The van der Waals surface area contributed by atoms with Crippen molar-refractivity contribution in [3.05, 3.63) is 0 Å². The van der Waals surface area contributed by atoms with E-state index in [1.54, 1.807) is 0 Å².